The van der Waals surface area contributed by atoms with Gasteiger partial charge in [0, 0.05) is 6.54 Å². The molecule has 106 valence electrons. The standard InChI is InChI=1S/C15H13N3OS2/c19-13(16-8-11-4-2-1-3-5-11)9-21-15-14-12(6-7-20-14)17-10-18-15/h1-7,10H,8-9H2,(H,16,19). The zero-order chi connectivity index (χ0) is 14.5. The Morgan fingerprint density at radius 2 is 2.05 bits per heavy atom. The highest BCUT2D eigenvalue weighted by Crippen LogP contribution is 2.28. The second-order valence-electron chi connectivity index (χ2n) is 4.36. The summed E-state index contributed by atoms with van der Waals surface area (Å²) in [6.45, 7) is 0.554. The lowest BCUT2D eigenvalue weighted by molar-refractivity contribution is -0.118. The molecule has 0 spiro atoms. The van der Waals surface area contributed by atoms with Gasteiger partial charge in [-0.15, -0.1) is 11.3 Å². The summed E-state index contributed by atoms with van der Waals surface area (Å²) in [4.78, 5) is 20.3. The van der Waals surface area contributed by atoms with Crippen LogP contribution < -0.4 is 5.32 Å². The van der Waals surface area contributed by atoms with Crippen molar-refractivity contribution >= 4 is 39.2 Å². The van der Waals surface area contributed by atoms with E-state index in [0.717, 1.165) is 20.8 Å². The van der Waals surface area contributed by atoms with Gasteiger partial charge in [-0.1, -0.05) is 42.1 Å². The monoisotopic (exact) mass is 315 g/mol. The van der Waals surface area contributed by atoms with Crippen molar-refractivity contribution in [3.8, 4) is 0 Å². The molecular weight excluding hydrogens is 302 g/mol. The van der Waals surface area contributed by atoms with Gasteiger partial charge >= 0.3 is 0 Å². The van der Waals surface area contributed by atoms with Crippen LogP contribution in [0.25, 0.3) is 10.2 Å². The number of thiophene rings is 1. The third-order valence-corrected chi connectivity index (χ3v) is 4.91. The first-order valence-electron chi connectivity index (χ1n) is 6.44. The molecule has 1 N–H and O–H groups in total. The summed E-state index contributed by atoms with van der Waals surface area (Å²) in [5.74, 6) is 0.365. The lowest BCUT2D eigenvalue weighted by Gasteiger charge is -2.05. The Labute approximate surface area is 130 Å². The van der Waals surface area contributed by atoms with Crippen LogP contribution in [0.15, 0.2) is 53.1 Å². The maximum Gasteiger partial charge on any atom is 0.230 e. The predicted molar refractivity (Wildman–Crippen MR) is 86.4 cm³/mol. The fourth-order valence-corrected chi connectivity index (χ4v) is 3.63. The highest BCUT2D eigenvalue weighted by atomic mass is 32.2. The number of benzene rings is 1. The van der Waals surface area contributed by atoms with Crippen LogP contribution in [-0.4, -0.2) is 21.6 Å². The zero-order valence-electron chi connectivity index (χ0n) is 11.2. The normalized spacial score (nSPS) is 10.7. The van der Waals surface area contributed by atoms with E-state index in [1.807, 2.05) is 41.8 Å². The Kier molecular flexibility index (Phi) is 4.47. The summed E-state index contributed by atoms with van der Waals surface area (Å²) in [5.41, 5.74) is 2.03. The van der Waals surface area contributed by atoms with Gasteiger partial charge in [0.15, 0.2) is 0 Å². The van der Waals surface area contributed by atoms with E-state index in [-0.39, 0.29) is 5.91 Å². The fourth-order valence-electron chi connectivity index (χ4n) is 1.85. The SMILES string of the molecule is O=C(CSc1ncnc2ccsc12)NCc1ccccc1. The van der Waals surface area contributed by atoms with E-state index >= 15 is 0 Å². The van der Waals surface area contributed by atoms with Gasteiger partial charge < -0.3 is 5.32 Å². The van der Waals surface area contributed by atoms with E-state index in [1.165, 1.54) is 11.8 Å². The van der Waals surface area contributed by atoms with E-state index in [0.29, 0.717) is 12.3 Å². The Balaban J connectivity index is 1.55. The van der Waals surface area contributed by atoms with Crippen molar-refractivity contribution in [3.63, 3.8) is 0 Å². The van der Waals surface area contributed by atoms with Gasteiger partial charge in [0.25, 0.3) is 0 Å². The van der Waals surface area contributed by atoms with Crippen LogP contribution in [0.3, 0.4) is 0 Å². The average Bonchev–Trinajstić information content (AvgIpc) is 3.01. The average molecular weight is 315 g/mol. The third kappa shape index (κ3) is 3.59. The van der Waals surface area contributed by atoms with Crippen LogP contribution in [0.5, 0.6) is 0 Å². The Bertz CT molecular complexity index is 743. The van der Waals surface area contributed by atoms with Crippen molar-refractivity contribution in [1.29, 1.82) is 0 Å². The molecule has 3 aromatic rings. The first-order chi connectivity index (χ1) is 10.3. The van der Waals surface area contributed by atoms with Crippen molar-refractivity contribution in [3.05, 3.63) is 53.7 Å². The first kappa shape index (κ1) is 14.0. The summed E-state index contributed by atoms with van der Waals surface area (Å²) in [6.07, 6.45) is 1.54. The molecule has 1 amide bonds. The van der Waals surface area contributed by atoms with E-state index in [1.54, 1.807) is 17.7 Å². The zero-order valence-corrected chi connectivity index (χ0v) is 12.8. The molecule has 0 saturated heterocycles. The number of amides is 1. The number of aromatic nitrogens is 2. The molecule has 0 bridgehead atoms. The molecule has 0 aliphatic carbocycles. The summed E-state index contributed by atoms with van der Waals surface area (Å²) < 4.78 is 1.04. The molecule has 4 nitrogen and oxygen atoms in total. The smallest absolute Gasteiger partial charge is 0.230 e. The summed E-state index contributed by atoms with van der Waals surface area (Å²) in [7, 11) is 0. The highest BCUT2D eigenvalue weighted by molar-refractivity contribution is 8.00. The minimum absolute atomic E-state index is 0.00664. The quantitative estimate of drug-likeness (QED) is 0.580. The number of nitrogens with zero attached hydrogens (tertiary/aromatic N) is 2. The Morgan fingerprint density at radius 1 is 1.19 bits per heavy atom. The molecule has 0 saturated carbocycles. The number of carbonyl (C=O) groups excluding carboxylic acids is 1. The largest absolute Gasteiger partial charge is 0.351 e. The van der Waals surface area contributed by atoms with E-state index in [9.17, 15) is 4.79 Å². The van der Waals surface area contributed by atoms with Crippen molar-refractivity contribution < 1.29 is 4.79 Å². The van der Waals surface area contributed by atoms with Gasteiger partial charge in [0.2, 0.25) is 5.91 Å². The number of fused-ring (bicyclic) bond motifs is 1. The van der Waals surface area contributed by atoms with Crippen LogP contribution in [0.1, 0.15) is 5.56 Å². The van der Waals surface area contributed by atoms with E-state index < -0.39 is 0 Å². The molecule has 2 heterocycles. The Morgan fingerprint density at radius 3 is 2.90 bits per heavy atom. The van der Waals surface area contributed by atoms with Crippen molar-refractivity contribution in [1.82, 2.24) is 15.3 Å². The van der Waals surface area contributed by atoms with Crippen LogP contribution in [0.4, 0.5) is 0 Å². The van der Waals surface area contributed by atoms with Gasteiger partial charge in [-0.3, -0.25) is 4.79 Å². The summed E-state index contributed by atoms with van der Waals surface area (Å²) in [6, 6.07) is 11.8. The molecule has 2 aromatic heterocycles. The molecule has 0 radical (unpaired) electrons. The van der Waals surface area contributed by atoms with E-state index in [2.05, 4.69) is 15.3 Å². The fraction of sp³-hybridized carbons (Fsp3) is 0.133. The lowest BCUT2D eigenvalue weighted by atomic mass is 10.2. The number of carbonyl (C=O) groups is 1. The van der Waals surface area contributed by atoms with E-state index in [4.69, 9.17) is 0 Å². The van der Waals surface area contributed by atoms with Crippen LogP contribution in [0, 0.1) is 0 Å². The van der Waals surface area contributed by atoms with Gasteiger partial charge in [-0.2, -0.15) is 0 Å². The molecule has 0 atom stereocenters. The number of rotatable bonds is 5. The second-order valence-corrected chi connectivity index (χ2v) is 6.24. The van der Waals surface area contributed by atoms with Gasteiger partial charge in [0.1, 0.15) is 11.4 Å². The number of thioether (sulfide) groups is 1. The van der Waals surface area contributed by atoms with Crippen LogP contribution >= 0.6 is 23.1 Å². The molecule has 3 rings (SSSR count). The van der Waals surface area contributed by atoms with Gasteiger partial charge in [-0.05, 0) is 17.0 Å². The van der Waals surface area contributed by atoms with Crippen LogP contribution in [-0.2, 0) is 11.3 Å². The summed E-state index contributed by atoms with van der Waals surface area (Å²) in [5, 5.41) is 5.76. The topological polar surface area (TPSA) is 54.9 Å². The molecule has 21 heavy (non-hydrogen) atoms. The van der Waals surface area contributed by atoms with Gasteiger partial charge in [-0.25, -0.2) is 9.97 Å². The molecule has 6 heteroatoms. The van der Waals surface area contributed by atoms with Crippen molar-refractivity contribution in [2.24, 2.45) is 0 Å². The highest BCUT2D eigenvalue weighted by Gasteiger charge is 2.08. The molecule has 0 fully saturated rings. The lowest BCUT2D eigenvalue weighted by Crippen LogP contribution is -2.24. The first-order valence-corrected chi connectivity index (χ1v) is 8.31. The number of hydrogen-bond acceptors (Lipinski definition) is 5. The minimum Gasteiger partial charge on any atom is -0.351 e. The van der Waals surface area contributed by atoms with Crippen molar-refractivity contribution in [2.75, 3.05) is 5.75 Å². The molecule has 0 aliphatic rings. The number of hydrogen-bond donors (Lipinski definition) is 1. The van der Waals surface area contributed by atoms with Gasteiger partial charge in [0.05, 0.1) is 16.0 Å². The Hall–Kier alpha value is -1.92. The van der Waals surface area contributed by atoms with Crippen LogP contribution in [0.2, 0.25) is 0 Å². The minimum atomic E-state index is 0.00664. The molecular formula is C15H13N3OS2. The van der Waals surface area contributed by atoms with Crippen molar-refractivity contribution in [2.45, 2.75) is 11.6 Å². The second kappa shape index (κ2) is 6.69. The summed E-state index contributed by atoms with van der Waals surface area (Å²) >= 11 is 3.04. The predicted octanol–water partition coefficient (Wildman–Crippen LogP) is 3.10. The molecule has 1 aromatic carbocycles. The molecule has 0 aliphatic heterocycles. The molecule has 0 unspecified atom stereocenters. The number of nitrogens with one attached hydrogen (secondary N) is 1. The maximum absolute atomic E-state index is 11.9. The maximum atomic E-state index is 11.9. The third-order valence-electron chi connectivity index (χ3n) is 2.88.